The van der Waals surface area contributed by atoms with Gasteiger partial charge in [-0.25, -0.2) is 0 Å². The lowest BCUT2D eigenvalue weighted by Crippen LogP contribution is -2.26. The molecular formula is C15H22O. The number of allylic oxidation sites excluding steroid dienone is 1. The van der Waals surface area contributed by atoms with E-state index in [-0.39, 0.29) is 0 Å². The largest absolute Gasteiger partial charge is 0.295 e. The van der Waals surface area contributed by atoms with Crippen LogP contribution in [0.1, 0.15) is 40.0 Å². The van der Waals surface area contributed by atoms with Gasteiger partial charge in [-0.05, 0) is 53.4 Å². The van der Waals surface area contributed by atoms with Gasteiger partial charge in [0.1, 0.15) is 0 Å². The molecule has 0 aliphatic heterocycles. The van der Waals surface area contributed by atoms with E-state index in [0.717, 1.165) is 29.7 Å². The molecule has 0 unspecified atom stereocenters. The van der Waals surface area contributed by atoms with E-state index < -0.39 is 0 Å². The summed E-state index contributed by atoms with van der Waals surface area (Å²) in [6, 6.07) is 0. The Bertz CT molecular complexity index is 366. The third kappa shape index (κ3) is 1.10. The minimum absolute atomic E-state index is 0.350. The van der Waals surface area contributed by atoms with Crippen molar-refractivity contribution in [1.82, 2.24) is 0 Å². The van der Waals surface area contributed by atoms with Crippen molar-refractivity contribution in [2.24, 2.45) is 35.0 Å². The summed E-state index contributed by atoms with van der Waals surface area (Å²) in [5, 5.41) is 0. The average molecular weight is 218 g/mol. The molecule has 3 saturated carbocycles. The van der Waals surface area contributed by atoms with Crippen molar-refractivity contribution in [3.05, 3.63) is 12.2 Å². The predicted molar refractivity (Wildman–Crippen MR) is 64.9 cm³/mol. The smallest absolute Gasteiger partial charge is 0.158 e. The standard InChI is InChI=1S/C15H22O/c1-8-10-5-6-15(3,4)14(10)13-9(2)12(16)7-11(8)13/h8,10-11,13-14H,2,5-7H2,1,3-4H3/t8-,10-,11-,13-,14-/m1/s1. The number of carbonyl (C=O) groups is 1. The molecule has 0 bridgehead atoms. The van der Waals surface area contributed by atoms with Crippen LogP contribution in [-0.2, 0) is 4.79 Å². The van der Waals surface area contributed by atoms with Gasteiger partial charge in [0.05, 0.1) is 0 Å². The van der Waals surface area contributed by atoms with Crippen LogP contribution in [0, 0.1) is 35.0 Å². The fraction of sp³-hybridized carbons (Fsp3) is 0.800. The highest BCUT2D eigenvalue weighted by molar-refractivity contribution is 5.98. The van der Waals surface area contributed by atoms with Crippen molar-refractivity contribution in [3.63, 3.8) is 0 Å². The van der Waals surface area contributed by atoms with E-state index >= 15 is 0 Å². The van der Waals surface area contributed by atoms with E-state index in [1.165, 1.54) is 12.8 Å². The SMILES string of the molecule is C=C1C(=O)C[C@@H]2[C@H](C)[C@H]3CCC(C)(C)[C@H]3[C@H]12. The van der Waals surface area contributed by atoms with Gasteiger partial charge in [-0.1, -0.05) is 27.4 Å². The Labute approximate surface area is 98.3 Å². The molecule has 0 heterocycles. The minimum atomic E-state index is 0.350. The van der Waals surface area contributed by atoms with Gasteiger partial charge >= 0.3 is 0 Å². The fourth-order valence-corrected chi connectivity index (χ4v) is 5.04. The number of carbonyl (C=O) groups excluding carboxylic acids is 1. The van der Waals surface area contributed by atoms with Crippen LogP contribution in [0.4, 0.5) is 0 Å². The normalized spacial score (nSPS) is 49.6. The molecular weight excluding hydrogens is 196 g/mol. The molecule has 3 aliphatic carbocycles. The Kier molecular flexibility index (Phi) is 1.98. The maximum absolute atomic E-state index is 11.8. The van der Waals surface area contributed by atoms with Gasteiger partial charge in [0, 0.05) is 6.42 Å². The molecule has 16 heavy (non-hydrogen) atoms. The van der Waals surface area contributed by atoms with E-state index in [1.54, 1.807) is 0 Å². The molecule has 1 heteroatoms. The monoisotopic (exact) mass is 218 g/mol. The Morgan fingerprint density at radius 2 is 2.00 bits per heavy atom. The first-order chi connectivity index (χ1) is 7.43. The van der Waals surface area contributed by atoms with E-state index in [2.05, 4.69) is 27.4 Å². The lowest BCUT2D eigenvalue weighted by molar-refractivity contribution is -0.115. The van der Waals surface area contributed by atoms with Crippen molar-refractivity contribution in [3.8, 4) is 0 Å². The van der Waals surface area contributed by atoms with E-state index in [4.69, 9.17) is 0 Å². The lowest BCUT2D eigenvalue weighted by Gasteiger charge is -2.31. The maximum Gasteiger partial charge on any atom is 0.158 e. The number of rotatable bonds is 0. The van der Waals surface area contributed by atoms with Crippen LogP contribution in [0.15, 0.2) is 12.2 Å². The molecule has 0 aromatic rings. The maximum atomic E-state index is 11.8. The van der Waals surface area contributed by atoms with Crippen LogP contribution < -0.4 is 0 Å². The Hall–Kier alpha value is -0.590. The van der Waals surface area contributed by atoms with E-state index in [1.807, 2.05) is 0 Å². The van der Waals surface area contributed by atoms with Gasteiger partial charge in [0.25, 0.3) is 0 Å². The molecule has 0 radical (unpaired) electrons. The number of ketones is 1. The van der Waals surface area contributed by atoms with Crippen molar-refractivity contribution < 1.29 is 4.79 Å². The van der Waals surface area contributed by atoms with Gasteiger partial charge in [0.2, 0.25) is 0 Å². The van der Waals surface area contributed by atoms with Crippen LogP contribution in [-0.4, -0.2) is 5.78 Å². The third-order valence-corrected chi connectivity index (χ3v) is 5.87. The minimum Gasteiger partial charge on any atom is -0.295 e. The predicted octanol–water partition coefficient (Wildman–Crippen LogP) is 3.45. The van der Waals surface area contributed by atoms with Gasteiger partial charge < -0.3 is 0 Å². The Morgan fingerprint density at radius 1 is 1.31 bits per heavy atom. The van der Waals surface area contributed by atoms with Crippen molar-refractivity contribution in [2.75, 3.05) is 0 Å². The zero-order chi connectivity index (χ0) is 11.7. The molecule has 3 rings (SSSR count). The summed E-state index contributed by atoms with van der Waals surface area (Å²) in [6.07, 6.45) is 3.48. The Morgan fingerprint density at radius 3 is 2.69 bits per heavy atom. The molecule has 0 saturated heterocycles. The second-order valence-corrected chi connectivity index (χ2v) is 6.92. The van der Waals surface area contributed by atoms with Crippen LogP contribution in [0.25, 0.3) is 0 Å². The van der Waals surface area contributed by atoms with Crippen LogP contribution in [0.3, 0.4) is 0 Å². The quantitative estimate of drug-likeness (QED) is 0.569. The molecule has 0 N–H and O–H groups in total. The summed E-state index contributed by atoms with van der Waals surface area (Å²) < 4.78 is 0. The molecule has 0 spiro atoms. The van der Waals surface area contributed by atoms with Crippen molar-refractivity contribution in [2.45, 2.75) is 40.0 Å². The number of hydrogen-bond acceptors (Lipinski definition) is 1. The third-order valence-electron chi connectivity index (χ3n) is 5.87. The molecule has 1 nitrogen and oxygen atoms in total. The Balaban J connectivity index is 2.03. The van der Waals surface area contributed by atoms with Gasteiger partial charge in [-0.2, -0.15) is 0 Å². The van der Waals surface area contributed by atoms with Crippen molar-refractivity contribution >= 4 is 5.78 Å². The zero-order valence-electron chi connectivity index (χ0n) is 10.6. The molecule has 3 aliphatic rings. The fourth-order valence-electron chi connectivity index (χ4n) is 5.04. The molecule has 0 aromatic heterocycles. The first-order valence-corrected chi connectivity index (χ1v) is 6.65. The first kappa shape index (κ1) is 10.6. The second kappa shape index (κ2) is 3.00. The molecule has 0 aromatic carbocycles. The topological polar surface area (TPSA) is 17.1 Å². The van der Waals surface area contributed by atoms with E-state index in [9.17, 15) is 4.79 Å². The summed E-state index contributed by atoms with van der Waals surface area (Å²) in [5.74, 6) is 3.81. The molecule has 88 valence electrons. The van der Waals surface area contributed by atoms with Gasteiger partial charge in [-0.15, -0.1) is 0 Å². The number of hydrogen-bond donors (Lipinski definition) is 0. The highest BCUT2D eigenvalue weighted by Gasteiger charge is 2.60. The summed E-state index contributed by atoms with van der Waals surface area (Å²) in [6.45, 7) is 11.2. The van der Waals surface area contributed by atoms with Crippen molar-refractivity contribution in [1.29, 1.82) is 0 Å². The van der Waals surface area contributed by atoms with Gasteiger partial charge in [-0.3, -0.25) is 4.79 Å². The van der Waals surface area contributed by atoms with E-state index in [0.29, 0.717) is 23.0 Å². The summed E-state index contributed by atoms with van der Waals surface area (Å²) in [4.78, 5) is 11.8. The summed E-state index contributed by atoms with van der Waals surface area (Å²) >= 11 is 0. The van der Waals surface area contributed by atoms with Crippen LogP contribution in [0.5, 0.6) is 0 Å². The van der Waals surface area contributed by atoms with Crippen LogP contribution >= 0.6 is 0 Å². The number of fused-ring (bicyclic) bond motifs is 3. The number of Topliss-reactive ketones (excluding diaryl/α,β-unsaturated/α-hetero) is 1. The summed E-state index contributed by atoms with van der Waals surface area (Å²) in [5.41, 5.74) is 1.38. The second-order valence-electron chi connectivity index (χ2n) is 6.92. The highest BCUT2D eigenvalue weighted by atomic mass is 16.1. The summed E-state index contributed by atoms with van der Waals surface area (Å²) in [7, 11) is 0. The van der Waals surface area contributed by atoms with Crippen LogP contribution in [0.2, 0.25) is 0 Å². The average Bonchev–Trinajstić information content (AvgIpc) is 2.75. The first-order valence-electron chi connectivity index (χ1n) is 6.65. The lowest BCUT2D eigenvalue weighted by atomic mass is 9.72. The molecule has 0 amide bonds. The highest BCUT2D eigenvalue weighted by Crippen LogP contribution is 2.65. The van der Waals surface area contributed by atoms with Gasteiger partial charge in [0.15, 0.2) is 5.78 Å². The zero-order valence-corrected chi connectivity index (χ0v) is 10.6. The molecule has 3 fully saturated rings. The molecule has 5 atom stereocenters.